The smallest absolute Gasteiger partial charge is 0.282 e. The maximum atomic E-state index is 11.8. The lowest BCUT2D eigenvalue weighted by Crippen LogP contribution is -2.07. The molecule has 19 heavy (non-hydrogen) atoms. The number of fused-ring (bicyclic) bond motifs is 1. The number of benzene rings is 1. The maximum Gasteiger partial charge on any atom is 0.282 e. The Morgan fingerprint density at radius 2 is 2.11 bits per heavy atom. The van der Waals surface area contributed by atoms with E-state index in [1.165, 1.54) is 11.3 Å². The summed E-state index contributed by atoms with van der Waals surface area (Å²) in [5, 5.41) is 4.71. The van der Waals surface area contributed by atoms with Crippen LogP contribution < -0.4 is 10.9 Å². The summed E-state index contributed by atoms with van der Waals surface area (Å²) in [7, 11) is 0. The summed E-state index contributed by atoms with van der Waals surface area (Å²) in [6.45, 7) is 0. The van der Waals surface area contributed by atoms with Crippen LogP contribution in [0.3, 0.4) is 0 Å². The molecule has 0 aliphatic carbocycles. The fourth-order valence-corrected chi connectivity index (χ4v) is 2.69. The topological polar surface area (TPSA) is 54.9 Å². The molecule has 4 nitrogen and oxygen atoms in total. The molecule has 0 saturated carbocycles. The fourth-order valence-electron chi connectivity index (χ4n) is 1.64. The van der Waals surface area contributed by atoms with Crippen LogP contribution >= 0.6 is 22.9 Å². The average Bonchev–Trinajstić information content (AvgIpc) is 2.39. The SMILES string of the molecule is O=c1nc(Nc2cccc(Cl)c2)sc2ncccc12. The third-order valence-electron chi connectivity index (χ3n) is 2.47. The predicted octanol–water partition coefficient (Wildman–Crippen LogP) is 3.45. The van der Waals surface area contributed by atoms with Crippen LogP contribution in [-0.2, 0) is 0 Å². The van der Waals surface area contributed by atoms with Gasteiger partial charge in [-0.3, -0.25) is 4.79 Å². The van der Waals surface area contributed by atoms with Crippen LogP contribution in [0.5, 0.6) is 0 Å². The van der Waals surface area contributed by atoms with Crippen molar-refractivity contribution in [3.63, 3.8) is 0 Å². The minimum Gasteiger partial charge on any atom is -0.331 e. The van der Waals surface area contributed by atoms with Gasteiger partial charge in [-0.1, -0.05) is 29.0 Å². The zero-order chi connectivity index (χ0) is 13.2. The van der Waals surface area contributed by atoms with Gasteiger partial charge in [-0.25, -0.2) is 4.98 Å². The van der Waals surface area contributed by atoms with E-state index in [1.54, 1.807) is 30.5 Å². The van der Waals surface area contributed by atoms with E-state index in [0.717, 1.165) is 5.69 Å². The number of pyridine rings is 1. The second-order valence-electron chi connectivity index (χ2n) is 3.82. The molecule has 6 heteroatoms. The number of nitrogens with zero attached hydrogens (tertiary/aromatic N) is 2. The van der Waals surface area contributed by atoms with Crippen molar-refractivity contribution in [2.75, 3.05) is 5.32 Å². The number of aromatic nitrogens is 2. The van der Waals surface area contributed by atoms with Crippen LogP contribution in [0.2, 0.25) is 5.02 Å². The number of rotatable bonds is 2. The summed E-state index contributed by atoms with van der Waals surface area (Å²) >= 11 is 7.23. The van der Waals surface area contributed by atoms with E-state index in [1.807, 2.05) is 12.1 Å². The van der Waals surface area contributed by atoms with Crippen molar-refractivity contribution in [3.8, 4) is 0 Å². The molecule has 0 atom stereocenters. The molecule has 0 saturated heterocycles. The van der Waals surface area contributed by atoms with Crippen molar-refractivity contribution in [1.29, 1.82) is 0 Å². The third kappa shape index (κ3) is 2.57. The van der Waals surface area contributed by atoms with Crippen LogP contribution in [-0.4, -0.2) is 9.97 Å². The van der Waals surface area contributed by atoms with Gasteiger partial charge < -0.3 is 5.32 Å². The van der Waals surface area contributed by atoms with Gasteiger partial charge >= 0.3 is 0 Å². The van der Waals surface area contributed by atoms with Crippen LogP contribution in [0.25, 0.3) is 10.2 Å². The molecule has 0 aliphatic heterocycles. The molecule has 2 heterocycles. The standard InChI is InChI=1S/C13H8ClN3OS/c14-8-3-1-4-9(7-8)16-13-17-11(18)10-5-2-6-15-12(10)19-13/h1-7H,(H,16,17,18). The van der Waals surface area contributed by atoms with Gasteiger partial charge in [0, 0.05) is 16.9 Å². The first-order valence-corrected chi connectivity index (χ1v) is 6.70. The summed E-state index contributed by atoms with van der Waals surface area (Å²) in [4.78, 5) is 20.7. The molecular formula is C13H8ClN3OS. The van der Waals surface area contributed by atoms with Crippen molar-refractivity contribution in [2.45, 2.75) is 0 Å². The number of hydrogen-bond acceptors (Lipinski definition) is 5. The van der Waals surface area contributed by atoms with Gasteiger partial charge in [0.2, 0.25) is 0 Å². The van der Waals surface area contributed by atoms with E-state index in [2.05, 4.69) is 15.3 Å². The highest BCUT2D eigenvalue weighted by atomic mass is 35.5. The molecule has 0 amide bonds. The minimum atomic E-state index is -0.286. The lowest BCUT2D eigenvalue weighted by molar-refractivity contribution is 1.29. The second-order valence-corrected chi connectivity index (χ2v) is 5.23. The van der Waals surface area contributed by atoms with Gasteiger partial charge in [0.1, 0.15) is 4.83 Å². The lowest BCUT2D eigenvalue weighted by Gasteiger charge is -2.05. The van der Waals surface area contributed by atoms with Gasteiger partial charge in [-0.15, -0.1) is 0 Å². The van der Waals surface area contributed by atoms with Gasteiger partial charge in [-0.05, 0) is 30.3 Å². The molecule has 0 radical (unpaired) electrons. The highest BCUT2D eigenvalue weighted by molar-refractivity contribution is 7.21. The molecule has 3 aromatic rings. The Labute approximate surface area is 117 Å². The highest BCUT2D eigenvalue weighted by Crippen LogP contribution is 2.23. The highest BCUT2D eigenvalue weighted by Gasteiger charge is 2.05. The number of nitrogens with one attached hydrogen (secondary N) is 1. The van der Waals surface area contributed by atoms with E-state index >= 15 is 0 Å². The fraction of sp³-hybridized carbons (Fsp3) is 0. The van der Waals surface area contributed by atoms with Gasteiger partial charge in [0.25, 0.3) is 5.56 Å². The third-order valence-corrected chi connectivity index (χ3v) is 3.61. The van der Waals surface area contributed by atoms with E-state index < -0.39 is 0 Å². The largest absolute Gasteiger partial charge is 0.331 e. The predicted molar refractivity (Wildman–Crippen MR) is 78.4 cm³/mol. The molecule has 94 valence electrons. The lowest BCUT2D eigenvalue weighted by atomic mass is 10.3. The summed E-state index contributed by atoms with van der Waals surface area (Å²) < 4.78 is 0. The van der Waals surface area contributed by atoms with Crippen LogP contribution in [0.4, 0.5) is 10.8 Å². The van der Waals surface area contributed by atoms with Crippen LogP contribution in [0.15, 0.2) is 47.4 Å². The Hall–Kier alpha value is -1.98. The number of hydrogen-bond donors (Lipinski definition) is 1. The Morgan fingerprint density at radius 3 is 2.95 bits per heavy atom. The van der Waals surface area contributed by atoms with Crippen molar-refractivity contribution < 1.29 is 0 Å². The first-order valence-electron chi connectivity index (χ1n) is 5.51. The molecule has 0 aliphatic rings. The Kier molecular flexibility index (Phi) is 3.15. The van der Waals surface area contributed by atoms with Crippen molar-refractivity contribution in [3.05, 3.63) is 58.0 Å². The van der Waals surface area contributed by atoms with Crippen molar-refractivity contribution in [2.24, 2.45) is 0 Å². The zero-order valence-electron chi connectivity index (χ0n) is 9.63. The monoisotopic (exact) mass is 289 g/mol. The van der Waals surface area contributed by atoms with Crippen LogP contribution in [0, 0.1) is 0 Å². The number of anilines is 2. The molecule has 1 N–H and O–H groups in total. The van der Waals surface area contributed by atoms with Gasteiger partial charge in [0.05, 0.1) is 5.39 Å². The first kappa shape index (κ1) is 12.1. The van der Waals surface area contributed by atoms with Gasteiger partial charge in [-0.2, -0.15) is 4.98 Å². The quantitative estimate of drug-likeness (QED) is 0.785. The Morgan fingerprint density at radius 1 is 1.21 bits per heavy atom. The summed E-state index contributed by atoms with van der Waals surface area (Å²) in [6, 6.07) is 10.7. The van der Waals surface area contributed by atoms with Crippen molar-refractivity contribution >= 4 is 44.0 Å². The summed E-state index contributed by atoms with van der Waals surface area (Å²) in [5.74, 6) is 0. The summed E-state index contributed by atoms with van der Waals surface area (Å²) in [5.41, 5.74) is 0.498. The molecule has 1 aromatic carbocycles. The summed E-state index contributed by atoms with van der Waals surface area (Å²) in [6.07, 6.45) is 1.65. The molecule has 0 fully saturated rings. The average molecular weight is 290 g/mol. The number of halogens is 1. The molecule has 3 rings (SSSR count). The molecule has 0 spiro atoms. The molecule has 0 unspecified atom stereocenters. The van der Waals surface area contributed by atoms with Crippen molar-refractivity contribution in [1.82, 2.24) is 9.97 Å². The molecule has 0 bridgehead atoms. The first-order chi connectivity index (χ1) is 9.22. The minimum absolute atomic E-state index is 0.286. The Bertz CT molecular complexity index is 803. The van der Waals surface area contributed by atoms with E-state index in [0.29, 0.717) is 20.4 Å². The molecular weight excluding hydrogens is 282 g/mol. The van der Waals surface area contributed by atoms with E-state index in [4.69, 9.17) is 11.6 Å². The maximum absolute atomic E-state index is 11.8. The normalized spacial score (nSPS) is 10.6. The zero-order valence-corrected chi connectivity index (χ0v) is 11.2. The second kappa shape index (κ2) is 4.95. The Balaban J connectivity index is 2.04. The van der Waals surface area contributed by atoms with Gasteiger partial charge in [0.15, 0.2) is 5.13 Å². The molecule has 2 aromatic heterocycles. The van der Waals surface area contributed by atoms with E-state index in [-0.39, 0.29) is 5.56 Å². The van der Waals surface area contributed by atoms with Crippen LogP contribution in [0.1, 0.15) is 0 Å². The van der Waals surface area contributed by atoms with E-state index in [9.17, 15) is 4.79 Å².